The molecule has 1 fully saturated rings. The lowest BCUT2D eigenvalue weighted by atomic mass is 10.1. The van der Waals surface area contributed by atoms with Crippen molar-refractivity contribution >= 4 is 21.6 Å². The van der Waals surface area contributed by atoms with Crippen molar-refractivity contribution in [1.82, 2.24) is 15.1 Å². The molecule has 5 heteroatoms. The van der Waals surface area contributed by atoms with Crippen molar-refractivity contribution in [3.63, 3.8) is 0 Å². The highest BCUT2D eigenvalue weighted by molar-refractivity contribution is 9.10. The summed E-state index contributed by atoms with van der Waals surface area (Å²) in [5.74, 6) is 0. The van der Waals surface area contributed by atoms with Crippen LogP contribution in [0.25, 0.3) is 0 Å². The van der Waals surface area contributed by atoms with E-state index in [0.717, 1.165) is 43.7 Å². The minimum Gasteiger partial charge on any atom is -0.369 e. The average molecular weight is 355 g/mol. The average Bonchev–Trinajstić information content (AvgIpc) is 2.46. The monoisotopic (exact) mass is 354 g/mol. The number of piperazine rings is 1. The van der Waals surface area contributed by atoms with Gasteiger partial charge in [-0.15, -0.1) is 0 Å². The molecule has 1 aliphatic rings. The van der Waals surface area contributed by atoms with Gasteiger partial charge in [0.25, 0.3) is 0 Å². The SMILES string of the molecule is CNCc1cc(Br)ccc1N1CCN(CCN(C)C)CC1. The largest absolute Gasteiger partial charge is 0.369 e. The van der Waals surface area contributed by atoms with Crippen molar-refractivity contribution in [2.45, 2.75) is 6.54 Å². The van der Waals surface area contributed by atoms with Crippen molar-refractivity contribution in [2.24, 2.45) is 0 Å². The van der Waals surface area contributed by atoms with Gasteiger partial charge in [-0.1, -0.05) is 15.9 Å². The predicted octanol–water partition coefficient (Wildman–Crippen LogP) is 1.85. The minimum atomic E-state index is 0.912. The highest BCUT2D eigenvalue weighted by Crippen LogP contribution is 2.25. The van der Waals surface area contributed by atoms with Crippen LogP contribution in [-0.2, 0) is 6.54 Å². The van der Waals surface area contributed by atoms with E-state index < -0.39 is 0 Å². The third-order valence-corrected chi connectivity index (χ3v) is 4.48. The van der Waals surface area contributed by atoms with Gasteiger partial charge in [-0.05, 0) is 44.9 Å². The van der Waals surface area contributed by atoms with Crippen molar-refractivity contribution < 1.29 is 0 Å². The van der Waals surface area contributed by atoms with Crippen molar-refractivity contribution in [3.05, 3.63) is 28.2 Å². The zero-order valence-corrected chi connectivity index (χ0v) is 15.0. The van der Waals surface area contributed by atoms with Crippen LogP contribution < -0.4 is 10.2 Å². The zero-order valence-electron chi connectivity index (χ0n) is 13.4. The first-order valence-corrected chi connectivity index (χ1v) is 8.44. The molecular weight excluding hydrogens is 328 g/mol. The maximum Gasteiger partial charge on any atom is 0.0413 e. The van der Waals surface area contributed by atoms with Gasteiger partial charge in [0.05, 0.1) is 0 Å². The Bertz CT molecular complexity index is 442. The molecule has 0 saturated carbocycles. The molecule has 1 saturated heterocycles. The third kappa shape index (κ3) is 4.95. The Hall–Kier alpha value is -0.620. The molecule has 2 rings (SSSR count). The highest BCUT2D eigenvalue weighted by Gasteiger charge is 2.19. The Morgan fingerprint density at radius 2 is 1.90 bits per heavy atom. The maximum atomic E-state index is 3.57. The molecule has 0 bridgehead atoms. The standard InChI is InChI=1S/C16H27BrN4/c1-18-13-14-12-15(17)4-5-16(14)21-10-8-20(9-11-21)7-6-19(2)3/h4-5,12,18H,6-11,13H2,1-3H3. The number of anilines is 1. The Morgan fingerprint density at radius 3 is 2.52 bits per heavy atom. The van der Waals surface area contributed by atoms with E-state index in [2.05, 4.69) is 68.2 Å². The Labute approximate surface area is 137 Å². The number of nitrogens with one attached hydrogen (secondary N) is 1. The van der Waals surface area contributed by atoms with Crippen LogP contribution in [-0.4, -0.2) is 70.2 Å². The summed E-state index contributed by atoms with van der Waals surface area (Å²) in [6.45, 7) is 7.77. The molecule has 4 nitrogen and oxygen atoms in total. The third-order valence-electron chi connectivity index (χ3n) is 3.99. The summed E-state index contributed by atoms with van der Waals surface area (Å²) in [4.78, 5) is 7.34. The van der Waals surface area contributed by atoms with Crippen LogP contribution in [0.5, 0.6) is 0 Å². The number of hydrogen-bond acceptors (Lipinski definition) is 4. The van der Waals surface area contributed by atoms with E-state index in [1.54, 1.807) is 0 Å². The molecule has 0 amide bonds. The first-order chi connectivity index (χ1) is 10.1. The van der Waals surface area contributed by atoms with E-state index in [1.165, 1.54) is 17.8 Å². The predicted molar refractivity (Wildman–Crippen MR) is 94.1 cm³/mol. The second-order valence-corrected chi connectivity index (χ2v) is 6.85. The molecule has 0 aliphatic carbocycles. The molecule has 1 aromatic carbocycles. The molecule has 1 N–H and O–H groups in total. The van der Waals surface area contributed by atoms with E-state index in [-0.39, 0.29) is 0 Å². The lowest BCUT2D eigenvalue weighted by molar-refractivity contribution is 0.229. The molecule has 1 heterocycles. The van der Waals surface area contributed by atoms with Gasteiger partial charge in [0.2, 0.25) is 0 Å². The Morgan fingerprint density at radius 1 is 1.19 bits per heavy atom. The van der Waals surface area contributed by atoms with Crippen molar-refractivity contribution in [2.75, 3.05) is 65.3 Å². The lowest BCUT2D eigenvalue weighted by Gasteiger charge is -2.37. The fraction of sp³-hybridized carbons (Fsp3) is 0.625. The number of nitrogens with zero attached hydrogens (tertiary/aromatic N) is 3. The number of hydrogen-bond donors (Lipinski definition) is 1. The molecule has 0 unspecified atom stereocenters. The molecule has 21 heavy (non-hydrogen) atoms. The summed E-state index contributed by atoms with van der Waals surface area (Å²) < 4.78 is 1.15. The summed E-state index contributed by atoms with van der Waals surface area (Å²) >= 11 is 3.57. The fourth-order valence-electron chi connectivity index (χ4n) is 2.75. The van der Waals surface area contributed by atoms with Gasteiger partial charge in [0, 0.05) is 56.0 Å². The first kappa shape index (κ1) is 16.7. The van der Waals surface area contributed by atoms with E-state index in [1.807, 2.05) is 7.05 Å². The van der Waals surface area contributed by atoms with Crippen LogP contribution in [0.15, 0.2) is 22.7 Å². The molecular formula is C16H27BrN4. The molecule has 1 aliphatic heterocycles. The fourth-order valence-corrected chi connectivity index (χ4v) is 3.16. The minimum absolute atomic E-state index is 0.912. The summed E-state index contributed by atoms with van der Waals surface area (Å²) in [7, 11) is 6.29. The van der Waals surface area contributed by atoms with Crippen LogP contribution in [0, 0.1) is 0 Å². The lowest BCUT2D eigenvalue weighted by Crippen LogP contribution is -2.48. The van der Waals surface area contributed by atoms with Gasteiger partial charge in [-0.25, -0.2) is 0 Å². The normalized spacial score (nSPS) is 16.7. The van der Waals surface area contributed by atoms with Gasteiger partial charge < -0.3 is 15.1 Å². The zero-order chi connectivity index (χ0) is 15.2. The Kier molecular flexibility index (Phi) is 6.48. The van der Waals surface area contributed by atoms with Gasteiger partial charge >= 0.3 is 0 Å². The van der Waals surface area contributed by atoms with Gasteiger partial charge in [-0.3, -0.25) is 4.90 Å². The summed E-state index contributed by atoms with van der Waals surface area (Å²) in [5.41, 5.74) is 2.74. The molecule has 0 atom stereocenters. The second-order valence-electron chi connectivity index (χ2n) is 5.94. The molecule has 118 valence electrons. The van der Waals surface area contributed by atoms with Crippen LogP contribution in [0.4, 0.5) is 5.69 Å². The van der Waals surface area contributed by atoms with E-state index in [0.29, 0.717) is 0 Å². The summed E-state index contributed by atoms with van der Waals surface area (Å²) in [5, 5.41) is 3.27. The van der Waals surface area contributed by atoms with Crippen LogP contribution in [0.1, 0.15) is 5.56 Å². The van der Waals surface area contributed by atoms with Crippen molar-refractivity contribution in [1.29, 1.82) is 0 Å². The quantitative estimate of drug-likeness (QED) is 0.841. The topological polar surface area (TPSA) is 21.8 Å². The van der Waals surface area contributed by atoms with E-state index in [4.69, 9.17) is 0 Å². The van der Waals surface area contributed by atoms with Gasteiger partial charge in [0.1, 0.15) is 0 Å². The van der Waals surface area contributed by atoms with Crippen LogP contribution in [0.3, 0.4) is 0 Å². The van der Waals surface area contributed by atoms with E-state index in [9.17, 15) is 0 Å². The van der Waals surface area contributed by atoms with Crippen LogP contribution in [0.2, 0.25) is 0 Å². The van der Waals surface area contributed by atoms with E-state index >= 15 is 0 Å². The molecule has 0 spiro atoms. The number of halogens is 1. The number of likely N-dealkylation sites (N-methyl/N-ethyl adjacent to an activating group) is 1. The smallest absolute Gasteiger partial charge is 0.0413 e. The van der Waals surface area contributed by atoms with Crippen molar-refractivity contribution in [3.8, 4) is 0 Å². The summed E-state index contributed by atoms with van der Waals surface area (Å²) in [6.07, 6.45) is 0. The molecule has 0 radical (unpaired) electrons. The maximum absolute atomic E-state index is 3.57. The Balaban J connectivity index is 1.95. The molecule has 0 aromatic heterocycles. The second kappa shape index (κ2) is 8.13. The van der Waals surface area contributed by atoms with Gasteiger partial charge in [0.15, 0.2) is 0 Å². The highest BCUT2D eigenvalue weighted by atomic mass is 79.9. The first-order valence-electron chi connectivity index (χ1n) is 7.65. The summed E-state index contributed by atoms with van der Waals surface area (Å²) in [6, 6.07) is 6.61. The van der Waals surface area contributed by atoms with Crippen LogP contribution >= 0.6 is 15.9 Å². The number of benzene rings is 1. The molecule has 1 aromatic rings. The van der Waals surface area contributed by atoms with Gasteiger partial charge in [-0.2, -0.15) is 0 Å². The number of rotatable bonds is 6.